The molecular formula is C15H16FN3O3S. The van der Waals surface area contributed by atoms with E-state index in [0.29, 0.717) is 11.3 Å². The fourth-order valence-electron chi connectivity index (χ4n) is 1.88. The SMILES string of the molecule is CS(=O)(=O)N(CC(=O)Nc1ccc(F)cc1)Cc1cccnc1. The van der Waals surface area contributed by atoms with E-state index in [2.05, 4.69) is 10.3 Å². The first kappa shape index (κ1) is 17.0. The molecule has 0 saturated carbocycles. The summed E-state index contributed by atoms with van der Waals surface area (Å²) >= 11 is 0. The van der Waals surface area contributed by atoms with Gasteiger partial charge in [0.15, 0.2) is 0 Å². The van der Waals surface area contributed by atoms with Gasteiger partial charge in [0.2, 0.25) is 15.9 Å². The van der Waals surface area contributed by atoms with Crippen LogP contribution in [-0.4, -0.2) is 36.4 Å². The average Bonchev–Trinajstić information content (AvgIpc) is 2.49. The highest BCUT2D eigenvalue weighted by atomic mass is 32.2. The second kappa shape index (κ2) is 7.30. The van der Waals surface area contributed by atoms with Gasteiger partial charge in [0.25, 0.3) is 0 Å². The van der Waals surface area contributed by atoms with E-state index < -0.39 is 21.7 Å². The van der Waals surface area contributed by atoms with E-state index in [1.807, 2.05) is 0 Å². The van der Waals surface area contributed by atoms with Gasteiger partial charge in [0, 0.05) is 24.6 Å². The highest BCUT2D eigenvalue weighted by Crippen LogP contribution is 2.10. The second-order valence-electron chi connectivity index (χ2n) is 4.95. The molecule has 0 spiro atoms. The predicted molar refractivity (Wildman–Crippen MR) is 84.5 cm³/mol. The van der Waals surface area contributed by atoms with Crippen molar-refractivity contribution in [3.8, 4) is 0 Å². The molecule has 23 heavy (non-hydrogen) atoms. The molecule has 0 aliphatic carbocycles. The normalized spacial score (nSPS) is 11.4. The van der Waals surface area contributed by atoms with Gasteiger partial charge >= 0.3 is 0 Å². The molecule has 0 fully saturated rings. The summed E-state index contributed by atoms with van der Waals surface area (Å²) in [5, 5.41) is 2.53. The first-order valence-electron chi connectivity index (χ1n) is 6.74. The van der Waals surface area contributed by atoms with Gasteiger partial charge in [-0.2, -0.15) is 4.31 Å². The number of aromatic nitrogens is 1. The number of carbonyl (C=O) groups excluding carboxylic acids is 1. The molecule has 8 heteroatoms. The Hall–Kier alpha value is -2.32. The summed E-state index contributed by atoms with van der Waals surface area (Å²) in [6.45, 7) is -0.297. The van der Waals surface area contributed by atoms with Crippen molar-refractivity contribution in [3.63, 3.8) is 0 Å². The van der Waals surface area contributed by atoms with E-state index >= 15 is 0 Å². The minimum Gasteiger partial charge on any atom is -0.325 e. The molecule has 0 saturated heterocycles. The maximum atomic E-state index is 12.8. The van der Waals surface area contributed by atoms with Gasteiger partial charge in [-0.05, 0) is 35.9 Å². The molecule has 1 heterocycles. The number of amides is 1. The molecule has 6 nitrogen and oxygen atoms in total. The Labute approximate surface area is 134 Å². The fraction of sp³-hybridized carbons (Fsp3) is 0.200. The Kier molecular flexibility index (Phi) is 5.41. The first-order chi connectivity index (χ1) is 10.8. The van der Waals surface area contributed by atoms with E-state index in [-0.39, 0.29) is 13.1 Å². The van der Waals surface area contributed by atoms with Crippen LogP contribution >= 0.6 is 0 Å². The maximum absolute atomic E-state index is 12.8. The molecule has 2 rings (SSSR count). The summed E-state index contributed by atoms with van der Waals surface area (Å²) in [5.41, 5.74) is 1.07. The quantitative estimate of drug-likeness (QED) is 0.869. The van der Waals surface area contributed by atoms with Crippen LogP contribution in [-0.2, 0) is 21.4 Å². The molecule has 0 unspecified atom stereocenters. The van der Waals surface area contributed by atoms with Crippen LogP contribution in [0, 0.1) is 5.82 Å². The zero-order chi connectivity index (χ0) is 16.9. The lowest BCUT2D eigenvalue weighted by Crippen LogP contribution is -2.36. The standard InChI is InChI=1S/C15H16FN3O3S/c1-23(21,22)19(10-12-3-2-8-17-9-12)11-15(20)18-14-6-4-13(16)5-7-14/h2-9H,10-11H2,1H3,(H,18,20). The van der Waals surface area contributed by atoms with Gasteiger partial charge in [-0.25, -0.2) is 12.8 Å². The van der Waals surface area contributed by atoms with Crippen molar-refractivity contribution >= 4 is 21.6 Å². The molecule has 122 valence electrons. The minimum atomic E-state index is -3.57. The summed E-state index contributed by atoms with van der Waals surface area (Å²) in [6.07, 6.45) is 4.15. The first-order valence-corrected chi connectivity index (χ1v) is 8.59. The molecule has 2 aromatic rings. The summed E-state index contributed by atoms with van der Waals surface area (Å²) in [7, 11) is -3.57. The van der Waals surface area contributed by atoms with Crippen molar-refractivity contribution in [2.75, 3.05) is 18.1 Å². The lowest BCUT2D eigenvalue weighted by Gasteiger charge is -2.19. The Morgan fingerprint density at radius 2 is 1.96 bits per heavy atom. The largest absolute Gasteiger partial charge is 0.325 e. The van der Waals surface area contributed by atoms with Crippen molar-refractivity contribution in [2.24, 2.45) is 0 Å². The number of nitrogens with one attached hydrogen (secondary N) is 1. The number of nitrogens with zero attached hydrogens (tertiary/aromatic N) is 2. The van der Waals surface area contributed by atoms with Gasteiger partial charge in [0.1, 0.15) is 5.82 Å². The van der Waals surface area contributed by atoms with E-state index in [1.165, 1.54) is 30.5 Å². The topological polar surface area (TPSA) is 79.4 Å². The number of hydrogen-bond acceptors (Lipinski definition) is 4. The number of benzene rings is 1. The zero-order valence-corrected chi connectivity index (χ0v) is 13.3. The van der Waals surface area contributed by atoms with Gasteiger partial charge in [-0.1, -0.05) is 6.07 Å². The lowest BCUT2D eigenvalue weighted by molar-refractivity contribution is -0.116. The zero-order valence-electron chi connectivity index (χ0n) is 12.4. The third-order valence-electron chi connectivity index (χ3n) is 3.00. The van der Waals surface area contributed by atoms with Gasteiger partial charge in [-0.15, -0.1) is 0 Å². The van der Waals surface area contributed by atoms with Crippen LogP contribution in [0.2, 0.25) is 0 Å². The van der Waals surface area contributed by atoms with Crippen LogP contribution in [0.3, 0.4) is 0 Å². The van der Waals surface area contributed by atoms with Gasteiger partial charge < -0.3 is 5.32 Å². The van der Waals surface area contributed by atoms with Crippen LogP contribution < -0.4 is 5.32 Å². The van der Waals surface area contributed by atoms with Crippen molar-refractivity contribution in [1.29, 1.82) is 0 Å². The summed E-state index contributed by atoms with van der Waals surface area (Å²) in [4.78, 5) is 15.9. The molecular weight excluding hydrogens is 321 g/mol. The fourth-order valence-corrected chi connectivity index (χ4v) is 2.61. The highest BCUT2D eigenvalue weighted by molar-refractivity contribution is 7.88. The second-order valence-corrected chi connectivity index (χ2v) is 6.93. The molecule has 0 aliphatic rings. The predicted octanol–water partition coefficient (Wildman–Crippen LogP) is 1.62. The number of pyridine rings is 1. The molecule has 0 atom stereocenters. The molecule has 1 aromatic heterocycles. The number of carbonyl (C=O) groups is 1. The van der Waals surface area contributed by atoms with Crippen LogP contribution in [0.5, 0.6) is 0 Å². The average molecular weight is 337 g/mol. The molecule has 0 bridgehead atoms. The van der Waals surface area contributed by atoms with Crippen LogP contribution in [0.15, 0.2) is 48.8 Å². The van der Waals surface area contributed by atoms with Gasteiger partial charge in [0.05, 0.1) is 12.8 Å². The van der Waals surface area contributed by atoms with Crippen molar-refractivity contribution < 1.29 is 17.6 Å². The third-order valence-corrected chi connectivity index (χ3v) is 4.19. The van der Waals surface area contributed by atoms with E-state index in [9.17, 15) is 17.6 Å². The highest BCUT2D eigenvalue weighted by Gasteiger charge is 2.20. The molecule has 1 N–H and O–H groups in total. The van der Waals surface area contributed by atoms with Crippen LogP contribution in [0.4, 0.5) is 10.1 Å². The number of sulfonamides is 1. The third kappa shape index (κ3) is 5.42. The van der Waals surface area contributed by atoms with E-state index in [4.69, 9.17) is 0 Å². The molecule has 1 aromatic carbocycles. The number of halogens is 1. The maximum Gasteiger partial charge on any atom is 0.239 e. The van der Waals surface area contributed by atoms with Crippen LogP contribution in [0.1, 0.15) is 5.56 Å². The van der Waals surface area contributed by atoms with Crippen molar-refractivity contribution in [3.05, 3.63) is 60.2 Å². The van der Waals surface area contributed by atoms with Crippen LogP contribution in [0.25, 0.3) is 0 Å². The Balaban J connectivity index is 2.05. The number of anilines is 1. The van der Waals surface area contributed by atoms with Crippen molar-refractivity contribution in [2.45, 2.75) is 6.54 Å². The summed E-state index contributed by atoms with van der Waals surface area (Å²) in [5.74, 6) is -0.928. The minimum absolute atomic E-state index is 0.0451. The Morgan fingerprint density at radius 1 is 1.26 bits per heavy atom. The summed E-state index contributed by atoms with van der Waals surface area (Å²) in [6, 6.07) is 8.63. The molecule has 1 amide bonds. The monoisotopic (exact) mass is 337 g/mol. The van der Waals surface area contributed by atoms with E-state index in [1.54, 1.807) is 18.3 Å². The molecule has 0 aliphatic heterocycles. The number of rotatable bonds is 6. The Morgan fingerprint density at radius 3 is 2.52 bits per heavy atom. The smallest absolute Gasteiger partial charge is 0.239 e. The molecule has 0 radical (unpaired) electrons. The number of hydrogen-bond donors (Lipinski definition) is 1. The Bertz CT molecular complexity index is 764. The summed E-state index contributed by atoms with van der Waals surface area (Å²) < 4.78 is 37.6. The van der Waals surface area contributed by atoms with Crippen molar-refractivity contribution in [1.82, 2.24) is 9.29 Å². The van der Waals surface area contributed by atoms with Gasteiger partial charge in [-0.3, -0.25) is 9.78 Å². The lowest BCUT2D eigenvalue weighted by atomic mass is 10.3. The van der Waals surface area contributed by atoms with E-state index in [0.717, 1.165) is 10.6 Å².